The first-order valence-electron chi connectivity index (χ1n) is 5.84. The molecule has 0 unspecified atom stereocenters. The van der Waals surface area contributed by atoms with Crippen LogP contribution in [0.5, 0.6) is 0 Å². The molecule has 2 heteroatoms. The number of aromatic nitrogens is 2. The smallest absolute Gasteiger partial charge is 0.0577 e. The molecule has 84 valence electrons. The van der Waals surface area contributed by atoms with Crippen LogP contribution >= 0.6 is 0 Å². The molecule has 2 rings (SSSR count). The molecule has 0 spiro atoms. The minimum atomic E-state index is 0.521. The van der Waals surface area contributed by atoms with Gasteiger partial charge in [0.25, 0.3) is 0 Å². The SMILES string of the molecule is CC(C)c1ccc(C(C)C)c2cnncc12. The highest BCUT2D eigenvalue weighted by Crippen LogP contribution is 2.30. The van der Waals surface area contributed by atoms with Gasteiger partial charge in [-0.2, -0.15) is 10.2 Å². The molecule has 0 aliphatic rings. The van der Waals surface area contributed by atoms with E-state index in [0.717, 1.165) is 0 Å². The van der Waals surface area contributed by atoms with E-state index >= 15 is 0 Å². The highest BCUT2D eigenvalue weighted by Gasteiger charge is 2.10. The summed E-state index contributed by atoms with van der Waals surface area (Å²) in [6.45, 7) is 8.85. The lowest BCUT2D eigenvalue weighted by atomic mass is 9.91. The highest BCUT2D eigenvalue weighted by molar-refractivity contribution is 5.88. The summed E-state index contributed by atoms with van der Waals surface area (Å²) in [7, 11) is 0. The fourth-order valence-corrected chi connectivity index (χ4v) is 2.15. The Morgan fingerprint density at radius 2 is 1.12 bits per heavy atom. The average Bonchev–Trinajstić information content (AvgIpc) is 2.27. The van der Waals surface area contributed by atoms with Crippen molar-refractivity contribution in [1.82, 2.24) is 10.2 Å². The van der Waals surface area contributed by atoms with Crippen molar-refractivity contribution in [2.45, 2.75) is 39.5 Å². The van der Waals surface area contributed by atoms with Crippen LogP contribution < -0.4 is 0 Å². The van der Waals surface area contributed by atoms with Crippen molar-refractivity contribution in [3.8, 4) is 0 Å². The van der Waals surface area contributed by atoms with E-state index in [1.165, 1.54) is 21.9 Å². The van der Waals surface area contributed by atoms with Crippen LogP contribution in [0.3, 0.4) is 0 Å². The maximum Gasteiger partial charge on any atom is 0.0577 e. The van der Waals surface area contributed by atoms with E-state index in [9.17, 15) is 0 Å². The van der Waals surface area contributed by atoms with Gasteiger partial charge in [0.05, 0.1) is 12.4 Å². The second-order valence-corrected chi connectivity index (χ2v) is 4.87. The van der Waals surface area contributed by atoms with Crippen LogP contribution in [0.25, 0.3) is 10.8 Å². The third-order valence-electron chi connectivity index (χ3n) is 3.04. The van der Waals surface area contributed by atoms with Gasteiger partial charge in [-0.3, -0.25) is 0 Å². The Morgan fingerprint density at radius 1 is 0.750 bits per heavy atom. The molecule has 0 amide bonds. The van der Waals surface area contributed by atoms with Crippen LogP contribution in [0.2, 0.25) is 0 Å². The quantitative estimate of drug-likeness (QED) is 0.758. The summed E-state index contributed by atoms with van der Waals surface area (Å²) in [6, 6.07) is 4.45. The first kappa shape index (κ1) is 11.1. The van der Waals surface area contributed by atoms with Gasteiger partial charge in [0.2, 0.25) is 0 Å². The van der Waals surface area contributed by atoms with E-state index in [0.29, 0.717) is 11.8 Å². The predicted octanol–water partition coefficient (Wildman–Crippen LogP) is 3.88. The molecule has 0 aliphatic heterocycles. The molecule has 1 heterocycles. The summed E-state index contributed by atoms with van der Waals surface area (Å²) >= 11 is 0. The van der Waals surface area contributed by atoms with Crippen molar-refractivity contribution in [1.29, 1.82) is 0 Å². The maximum atomic E-state index is 4.01. The molecule has 0 bridgehead atoms. The molecule has 0 saturated heterocycles. The van der Waals surface area contributed by atoms with Crippen molar-refractivity contribution in [3.63, 3.8) is 0 Å². The number of benzene rings is 1. The minimum absolute atomic E-state index is 0.521. The second kappa shape index (κ2) is 4.20. The lowest BCUT2D eigenvalue weighted by molar-refractivity contribution is 0.856. The number of nitrogens with zero attached hydrogens (tertiary/aromatic N) is 2. The van der Waals surface area contributed by atoms with Crippen LogP contribution in [0, 0.1) is 0 Å². The molecule has 16 heavy (non-hydrogen) atoms. The Morgan fingerprint density at radius 3 is 1.44 bits per heavy atom. The van der Waals surface area contributed by atoms with E-state index < -0.39 is 0 Å². The van der Waals surface area contributed by atoms with Gasteiger partial charge in [-0.25, -0.2) is 0 Å². The van der Waals surface area contributed by atoms with E-state index in [2.05, 4.69) is 50.0 Å². The summed E-state index contributed by atoms with van der Waals surface area (Å²) in [6.07, 6.45) is 3.77. The van der Waals surface area contributed by atoms with Crippen molar-refractivity contribution < 1.29 is 0 Å². The highest BCUT2D eigenvalue weighted by atomic mass is 15.1. The minimum Gasteiger partial charge on any atom is -0.158 e. The van der Waals surface area contributed by atoms with Crippen LogP contribution in [-0.2, 0) is 0 Å². The van der Waals surface area contributed by atoms with Crippen LogP contribution in [-0.4, -0.2) is 10.2 Å². The molecular weight excluding hydrogens is 196 g/mol. The normalized spacial score (nSPS) is 11.6. The molecule has 2 aromatic rings. The lowest BCUT2D eigenvalue weighted by Gasteiger charge is -2.14. The van der Waals surface area contributed by atoms with E-state index in [-0.39, 0.29) is 0 Å². The predicted molar refractivity (Wildman–Crippen MR) is 67.7 cm³/mol. The molecule has 1 aromatic heterocycles. The Hall–Kier alpha value is -1.44. The van der Waals surface area contributed by atoms with Gasteiger partial charge in [0, 0.05) is 10.8 Å². The average molecular weight is 214 g/mol. The summed E-state index contributed by atoms with van der Waals surface area (Å²) in [5.74, 6) is 1.04. The summed E-state index contributed by atoms with van der Waals surface area (Å²) in [5, 5.41) is 10.5. The Bertz CT molecular complexity index is 455. The van der Waals surface area contributed by atoms with Gasteiger partial charge in [-0.1, -0.05) is 39.8 Å². The summed E-state index contributed by atoms with van der Waals surface area (Å²) < 4.78 is 0. The van der Waals surface area contributed by atoms with Crippen molar-refractivity contribution >= 4 is 10.8 Å². The van der Waals surface area contributed by atoms with Gasteiger partial charge < -0.3 is 0 Å². The molecule has 2 nitrogen and oxygen atoms in total. The fraction of sp³-hybridized carbons (Fsp3) is 0.429. The zero-order valence-electron chi connectivity index (χ0n) is 10.4. The number of hydrogen-bond donors (Lipinski definition) is 0. The van der Waals surface area contributed by atoms with Crippen LogP contribution in [0.4, 0.5) is 0 Å². The van der Waals surface area contributed by atoms with E-state index in [4.69, 9.17) is 0 Å². The molecule has 0 saturated carbocycles. The van der Waals surface area contributed by atoms with Crippen molar-refractivity contribution in [2.24, 2.45) is 0 Å². The Labute approximate surface area is 96.7 Å². The van der Waals surface area contributed by atoms with Gasteiger partial charge in [0.15, 0.2) is 0 Å². The first-order valence-corrected chi connectivity index (χ1v) is 5.84. The number of fused-ring (bicyclic) bond motifs is 1. The molecular formula is C14H18N2. The molecule has 1 aromatic carbocycles. The molecule has 0 N–H and O–H groups in total. The van der Waals surface area contributed by atoms with Crippen molar-refractivity contribution in [2.75, 3.05) is 0 Å². The van der Waals surface area contributed by atoms with Crippen LogP contribution in [0.1, 0.15) is 50.7 Å². The van der Waals surface area contributed by atoms with E-state index in [1.807, 2.05) is 12.4 Å². The third-order valence-corrected chi connectivity index (χ3v) is 3.04. The monoisotopic (exact) mass is 214 g/mol. The largest absolute Gasteiger partial charge is 0.158 e. The maximum absolute atomic E-state index is 4.01. The Kier molecular flexibility index (Phi) is 2.90. The Balaban J connectivity index is 2.77. The van der Waals surface area contributed by atoms with E-state index in [1.54, 1.807) is 0 Å². The zero-order valence-corrected chi connectivity index (χ0v) is 10.4. The van der Waals surface area contributed by atoms with Crippen molar-refractivity contribution in [3.05, 3.63) is 35.7 Å². The molecule has 0 fully saturated rings. The third kappa shape index (κ3) is 1.80. The number of hydrogen-bond acceptors (Lipinski definition) is 2. The van der Waals surface area contributed by atoms with Gasteiger partial charge >= 0.3 is 0 Å². The fourth-order valence-electron chi connectivity index (χ4n) is 2.15. The van der Waals surface area contributed by atoms with Crippen LogP contribution in [0.15, 0.2) is 24.5 Å². The van der Waals surface area contributed by atoms with Gasteiger partial charge in [-0.05, 0) is 23.0 Å². The zero-order chi connectivity index (χ0) is 11.7. The lowest BCUT2D eigenvalue weighted by Crippen LogP contribution is -1.96. The topological polar surface area (TPSA) is 25.8 Å². The number of rotatable bonds is 2. The molecule has 0 aliphatic carbocycles. The first-order chi connectivity index (χ1) is 7.61. The summed E-state index contributed by atoms with van der Waals surface area (Å²) in [4.78, 5) is 0. The standard InChI is InChI=1S/C14H18N2/c1-9(2)11-5-6-12(10(3)4)14-8-16-15-7-13(11)14/h5-10H,1-4H3. The van der Waals surface area contributed by atoms with Gasteiger partial charge in [-0.15, -0.1) is 0 Å². The van der Waals surface area contributed by atoms with Gasteiger partial charge in [0.1, 0.15) is 0 Å². The second-order valence-electron chi connectivity index (χ2n) is 4.87. The summed E-state index contributed by atoms with van der Waals surface area (Å²) in [5.41, 5.74) is 2.71. The molecule has 0 atom stereocenters. The molecule has 0 radical (unpaired) electrons.